The summed E-state index contributed by atoms with van der Waals surface area (Å²) >= 11 is 0. The number of carbonyl (C=O) groups is 1. The number of piperidine rings is 1. The summed E-state index contributed by atoms with van der Waals surface area (Å²) in [6.45, 7) is 3.32. The lowest BCUT2D eigenvalue weighted by Crippen LogP contribution is -2.31. The van der Waals surface area contributed by atoms with E-state index in [0.717, 1.165) is 50.2 Å². The molecule has 1 heterocycles. The Hall–Kier alpha value is -1.59. The van der Waals surface area contributed by atoms with Crippen LogP contribution in [-0.4, -0.2) is 39.3 Å². The zero-order valence-corrected chi connectivity index (χ0v) is 13.8. The van der Waals surface area contributed by atoms with E-state index in [1.165, 1.54) is 0 Å². The molecule has 1 aromatic rings. The summed E-state index contributed by atoms with van der Waals surface area (Å²) in [5.74, 6) is 1.03. The summed E-state index contributed by atoms with van der Waals surface area (Å²) in [5, 5.41) is 6.44. The fraction of sp³-hybridized carbons (Fsp3) is 0.611. The zero-order chi connectivity index (χ0) is 16.1. The molecule has 2 fully saturated rings. The van der Waals surface area contributed by atoms with Gasteiger partial charge in [0.25, 0.3) is 0 Å². The first-order valence-electron chi connectivity index (χ1n) is 8.47. The summed E-state index contributed by atoms with van der Waals surface area (Å²) in [4.78, 5) is 12.6. The molecule has 1 amide bonds. The Morgan fingerprint density at radius 1 is 1.30 bits per heavy atom. The highest BCUT2D eigenvalue weighted by atomic mass is 16.5. The second-order valence-electron chi connectivity index (χ2n) is 6.55. The molecule has 0 bridgehead atoms. The van der Waals surface area contributed by atoms with Crippen LogP contribution >= 0.6 is 0 Å². The van der Waals surface area contributed by atoms with Crippen LogP contribution in [0.2, 0.25) is 0 Å². The van der Waals surface area contributed by atoms with Gasteiger partial charge < -0.3 is 20.1 Å². The lowest BCUT2D eigenvalue weighted by molar-refractivity contribution is -0.118. The number of carbonyl (C=O) groups excluding carboxylic acids is 1. The molecule has 1 unspecified atom stereocenters. The van der Waals surface area contributed by atoms with Crippen molar-refractivity contribution in [2.24, 2.45) is 11.3 Å². The number of methoxy groups -OCH3 is 1. The second kappa shape index (κ2) is 7.32. The summed E-state index contributed by atoms with van der Waals surface area (Å²) in [6, 6.07) is 7.65. The van der Waals surface area contributed by atoms with Gasteiger partial charge in [-0.2, -0.15) is 0 Å². The van der Waals surface area contributed by atoms with Crippen molar-refractivity contribution in [3.05, 3.63) is 24.3 Å². The fourth-order valence-electron chi connectivity index (χ4n) is 3.50. The Morgan fingerprint density at radius 2 is 2.09 bits per heavy atom. The maximum atomic E-state index is 12.6. The third-order valence-corrected chi connectivity index (χ3v) is 5.00. The number of hydrogen-bond acceptors (Lipinski definition) is 4. The van der Waals surface area contributed by atoms with Crippen molar-refractivity contribution in [1.29, 1.82) is 0 Å². The highest BCUT2D eigenvalue weighted by molar-refractivity contribution is 5.96. The molecule has 1 spiro atoms. The van der Waals surface area contributed by atoms with Crippen LogP contribution in [0.5, 0.6) is 5.75 Å². The van der Waals surface area contributed by atoms with Gasteiger partial charge in [0.15, 0.2) is 0 Å². The Labute approximate surface area is 137 Å². The average Bonchev–Trinajstić information content (AvgIpc) is 3.27. The van der Waals surface area contributed by atoms with E-state index in [9.17, 15) is 4.79 Å². The molecule has 2 N–H and O–H groups in total. The molecule has 2 aliphatic rings. The zero-order valence-electron chi connectivity index (χ0n) is 13.8. The molecular weight excluding hydrogens is 292 g/mol. The average molecular weight is 318 g/mol. The first-order chi connectivity index (χ1) is 11.2. The van der Waals surface area contributed by atoms with Crippen LogP contribution < -0.4 is 15.4 Å². The third-order valence-electron chi connectivity index (χ3n) is 5.00. The summed E-state index contributed by atoms with van der Waals surface area (Å²) in [7, 11) is 1.68. The molecule has 5 heteroatoms. The predicted octanol–water partition coefficient (Wildman–Crippen LogP) is 2.43. The minimum Gasteiger partial charge on any atom is -0.491 e. The van der Waals surface area contributed by atoms with E-state index >= 15 is 0 Å². The fourth-order valence-corrected chi connectivity index (χ4v) is 3.50. The molecule has 126 valence electrons. The number of amides is 1. The Kier molecular flexibility index (Phi) is 5.18. The van der Waals surface area contributed by atoms with Gasteiger partial charge in [0.05, 0.1) is 12.3 Å². The van der Waals surface area contributed by atoms with E-state index in [1.807, 2.05) is 24.3 Å². The van der Waals surface area contributed by atoms with Crippen molar-refractivity contribution < 1.29 is 14.3 Å². The van der Waals surface area contributed by atoms with Crippen molar-refractivity contribution in [2.75, 3.05) is 38.7 Å². The molecule has 1 aromatic carbocycles. The standard InChI is InChI=1S/C18H26N2O3/c1-22-11-4-12-23-16-6-3-2-5-15(16)20-17(21)14-13-18(14)7-9-19-10-8-18/h2-3,5-6,14,19H,4,7-13H2,1H3,(H,20,21). The number of benzene rings is 1. The van der Waals surface area contributed by atoms with Crippen molar-refractivity contribution in [2.45, 2.75) is 25.7 Å². The maximum Gasteiger partial charge on any atom is 0.228 e. The van der Waals surface area contributed by atoms with Gasteiger partial charge in [0, 0.05) is 26.1 Å². The van der Waals surface area contributed by atoms with E-state index in [4.69, 9.17) is 9.47 Å². The van der Waals surface area contributed by atoms with E-state index in [1.54, 1.807) is 7.11 Å². The smallest absolute Gasteiger partial charge is 0.228 e. The number of ether oxygens (including phenoxy) is 2. The van der Waals surface area contributed by atoms with E-state index in [0.29, 0.717) is 13.2 Å². The van der Waals surface area contributed by atoms with Crippen molar-refractivity contribution in [1.82, 2.24) is 5.32 Å². The van der Waals surface area contributed by atoms with Gasteiger partial charge in [-0.05, 0) is 49.9 Å². The van der Waals surface area contributed by atoms with Gasteiger partial charge in [-0.25, -0.2) is 0 Å². The monoisotopic (exact) mass is 318 g/mol. The molecule has 1 aliphatic carbocycles. The summed E-state index contributed by atoms with van der Waals surface area (Å²) in [5.41, 5.74) is 1.02. The summed E-state index contributed by atoms with van der Waals surface area (Å²) in [6.07, 6.45) is 4.08. The van der Waals surface area contributed by atoms with Crippen LogP contribution in [0.1, 0.15) is 25.7 Å². The molecule has 1 saturated heterocycles. The first-order valence-corrected chi connectivity index (χ1v) is 8.47. The van der Waals surface area contributed by atoms with Gasteiger partial charge >= 0.3 is 0 Å². The predicted molar refractivity (Wildman–Crippen MR) is 89.7 cm³/mol. The largest absolute Gasteiger partial charge is 0.491 e. The molecule has 23 heavy (non-hydrogen) atoms. The van der Waals surface area contributed by atoms with Crippen LogP contribution in [0.15, 0.2) is 24.3 Å². The van der Waals surface area contributed by atoms with E-state index in [2.05, 4.69) is 10.6 Å². The minimum absolute atomic E-state index is 0.139. The maximum absolute atomic E-state index is 12.6. The quantitative estimate of drug-likeness (QED) is 0.758. The van der Waals surface area contributed by atoms with Crippen molar-refractivity contribution >= 4 is 11.6 Å². The molecule has 1 atom stereocenters. The van der Waals surface area contributed by atoms with Crippen LogP contribution in [0.25, 0.3) is 0 Å². The van der Waals surface area contributed by atoms with Crippen molar-refractivity contribution in [3.63, 3.8) is 0 Å². The van der Waals surface area contributed by atoms with Crippen LogP contribution in [-0.2, 0) is 9.53 Å². The third kappa shape index (κ3) is 3.85. The summed E-state index contributed by atoms with van der Waals surface area (Å²) < 4.78 is 10.8. The normalized spacial score (nSPS) is 21.9. The molecule has 1 saturated carbocycles. The van der Waals surface area contributed by atoms with Crippen LogP contribution in [0.4, 0.5) is 5.69 Å². The SMILES string of the molecule is COCCCOc1ccccc1NC(=O)C1CC12CCNCC2. The Balaban J connectivity index is 1.56. The highest BCUT2D eigenvalue weighted by Crippen LogP contribution is 2.58. The van der Waals surface area contributed by atoms with Crippen molar-refractivity contribution in [3.8, 4) is 5.75 Å². The van der Waals surface area contributed by atoms with E-state index in [-0.39, 0.29) is 17.2 Å². The minimum atomic E-state index is 0.139. The van der Waals surface area contributed by atoms with Gasteiger partial charge in [0.1, 0.15) is 5.75 Å². The second-order valence-corrected chi connectivity index (χ2v) is 6.55. The Bertz CT molecular complexity index is 541. The van der Waals surface area contributed by atoms with E-state index < -0.39 is 0 Å². The molecule has 3 rings (SSSR count). The topological polar surface area (TPSA) is 59.6 Å². The number of rotatable bonds is 7. The molecule has 0 radical (unpaired) electrons. The van der Waals surface area contributed by atoms with Gasteiger partial charge in [-0.3, -0.25) is 4.79 Å². The van der Waals surface area contributed by atoms with Crippen LogP contribution in [0.3, 0.4) is 0 Å². The number of anilines is 1. The van der Waals surface area contributed by atoms with Gasteiger partial charge in [-0.15, -0.1) is 0 Å². The molecule has 5 nitrogen and oxygen atoms in total. The number of nitrogens with one attached hydrogen (secondary N) is 2. The molecule has 1 aliphatic heterocycles. The lowest BCUT2D eigenvalue weighted by Gasteiger charge is -2.23. The van der Waals surface area contributed by atoms with Gasteiger partial charge in [-0.1, -0.05) is 12.1 Å². The number of para-hydroxylation sites is 2. The highest BCUT2D eigenvalue weighted by Gasteiger charge is 2.57. The molecular formula is C18H26N2O3. The molecule has 0 aromatic heterocycles. The van der Waals surface area contributed by atoms with Gasteiger partial charge in [0.2, 0.25) is 5.91 Å². The lowest BCUT2D eigenvalue weighted by atomic mass is 9.92. The number of hydrogen-bond donors (Lipinski definition) is 2. The Morgan fingerprint density at radius 3 is 2.87 bits per heavy atom. The van der Waals surface area contributed by atoms with Crippen LogP contribution in [0, 0.1) is 11.3 Å². The first kappa shape index (κ1) is 16.3.